The van der Waals surface area contributed by atoms with Gasteiger partial charge in [-0.15, -0.1) is 0 Å². The van der Waals surface area contributed by atoms with E-state index in [1.165, 1.54) is 0 Å². The predicted molar refractivity (Wildman–Crippen MR) is 78.8 cm³/mol. The molecule has 0 aliphatic carbocycles. The van der Waals surface area contributed by atoms with Crippen LogP contribution in [0.4, 0.5) is 5.69 Å². The summed E-state index contributed by atoms with van der Waals surface area (Å²) < 4.78 is 0.952. The lowest BCUT2D eigenvalue weighted by atomic mass is 10.2. The van der Waals surface area contributed by atoms with Gasteiger partial charge in [-0.25, -0.2) is 0 Å². The average molecular weight is 328 g/mol. The molecule has 0 saturated heterocycles. The summed E-state index contributed by atoms with van der Waals surface area (Å²) in [6.07, 6.45) is 0.213. The zero-order chi connectivity index (χ0) is 14.4. The van der Waals surface area contributed by atoms with Gasteiger partial charge in [0, 0.05) is 22.6 Å². The van der Waals surface area contributed by atoms with Gasteiger partial charge in [0.1, 0.15) is 0 Å². The Morgan fingerprint density at radius 2 is 2.05 bits per heavy atom. The first-order valence-electron chi connectivity index (χ1n) is 5.96. The summed E-state index contributed by atoms with van der Waals surface area (Å²) in [7, 11) is 0. The lowest BCUT2D eigenvalue weighted by Crippen LogP contribution is -2.35. The zero-order valence-electron chi connectivity index (χ0n) is 11.0. The lowest BCUT2D eigenvalue weighted by Gasteiger charge is -2.10. The minimum absolute atomic E-state index is 0.0545. The molecule has 1 aromatic carbocycles. The van der Waals surface area contributed by atoms with E-state index in [9.17, 15) is 9.59 Å². The number of nitrogens with one attached hydrogen (secondary N) is 2. The first-order valence-corrected chi connectivity index (χ1v) is 6.76. The second-order valence-corrected chi connectivity index (χ2v) is 5.38. The molecular weight excluding hydrogens is 310 g/mol. The molecule has 0 spiro atoms. The van der Waals surface area contributed by atoms with Crippen molar-refractivity contribution in [1.29, 1.82) is 0 Å². The van der Waals surface area contributed by atoms with Crippen LogP contribution in [0.1, 0.15) is 18.9 Å². The fourth-order valence-electron chi connectivity index (χ4n) is 1.51. The molecule has 2 amide bonds. The molecule has 1 aromatic rings. The van der Waals surface area contributed by atoms with Crippen LogP contribution in [-0.4, -0.2) is 24.4 Å². The van der Waals surface area contributed by atoms with Crippen molar-refractivity contribution in [3.8, 4) is 0 Å². The third-order valence-corrected chi connectivity index (χ3v) is 2.91. The molecule has 5 nitrogen and oxygen atoms in total. The zero-order valence-corrected chi connectivity index (χ0v) is 12.6. The van der Waals surface area contributed by atoms with Crippen LogP contribution in [0.25, 0.3) is 0 Å². The van der Waals surface area contributed by atoms with Crippen molar-refractivity contribution in [2.24, 2.45) is 5.73 Å². The number of carbonyl (C=O) groups is 2. The standard InChI is InChI=1S/C13H18BrN3O2/c1-8-5-10(14)3-4-11(8)17-13(19)7-16-12(18)6-9(2)15/h3-5,9H,6-7,15H2,1-2H3,(H,16,18)(H,17,19). The Labute approximate surface area is 121 Å². The van der Waals surface area contributed by atoms with Crippen molar-refractivity contribution in [3.05, 3.63) is 28.2 Å². The Morgan fingerprint density at radius 1 is 1.37 bits per heavy atom. The first kappa shape index (κ1) is 15.7. The summed E-state index contributed by atoms with van der Waals surface area (Å²) >= 11 is 3.35. The van der Waals surface area contributed by atoms with E-state index in [4.69, 9.17) is 5.73 Å². The van der Waals surface area contributed by atoms with Crippen LogP contribution in [0.15, 0.2) is 22.7 Å². The van der Waals surface area contributed by atoms with E-state index in [0.29, 0.717) is 0 Å². The summed E-state index contributed by atoms with van der Waals surface area (Å²) in [6, 6.07) is 5.35. The molecule has 0 fully saturated rings. The summed E-state index contributed by atoms with van der Waals surface area (Å²) in [5.74, 6) is -0.485. The fourth-order valence-corrected chi connectivity index (χ4v) is 1.98. The molecule has 0 saturated carbocycles. The van der Waals surface area contributed by atoms with Gasteiger partial charge >= 0.3 is 0 Å². The topological polar surface area (TPSA) is 84.2 Å². The number of amides is 2. The highest BCUT2D eigenvalue weighted by Gasteiger charge is 2.08. The summed E-state index contributed by atoms with van der Waals surface area (Å²) in [5, 5.41) is 5.26. The van der Waals surface area contributed by atoms with Gasteiger partial charge in [0.15, 0.2) is 0 Å². The minimum Gasteiger partial charge on any atom is -0.347 e. The van der Waals surface area contributed by atoms with Gasteiger partial charge in [0.25, 0.3) is 0 Å². The number of benzene rings is 1. The van der Waals surface area contributed by atoms with Crippen LogP contribution in [0.3, 0.4) is 0 Å². The van der Waals surface area contributed by atoms with Crippen LogP contribution >= 0.6 is 15.9 Å². The number of halogens is 1. The largest absolute Gasteiger partial charge is 0.347 e. The Balaban J connectivity index is 2.45. The summed E-state index contributed by atoms with van der Waals surface area (Å²) in [6.45, 7) is 3.58. The maximum absolute atomic E-state index is 11.7. The Kier molecular flexibility index (Phi) is 5.98. The van der Waals surface area contributed by atoms with Gasteiger partial charge in [-0.1, -0.05) is 15.9 Å². The molecule has 1 rings (SSSR count). The quantitative estimate of drug-likeness (QED) is 0.767. The van der Waals surface area contributed by atoms with Gasteiger partial charge in [0.2, 0.25) is 11.8 Å². The van der Waals surface area contributed by atoms with E-state index < -0.39 is 0 Å². The minimum atomic E-state index is -0.261. The van der Waals surface area contributed by atoms with Gasteiger partial charge in [-0.3, -0.25) is 9.59 Å². The molecule has 0 radical (unpaired) electrons. The molecule has 0 bridgehead atoms. The number of hydrogen-bond acceptors (Lipinski definition) is 3. The highest BCUT2D eigenvalue weighted by molar-refractivity contribution is 9.10. The third-order valence-electron chi connectivity index (χ3n) is 2.42. The van der Waals surface area contributed by atoms with Crippen molar-refractivity contribution in [3.63, 3.8) is 0 Å². The predicted octanol–water partition coefficient (Wildman–Crippen LogP) is 1.55. The molecule has 0 heterocycles. The van der Waals surface area contributed by atoms with Crippen molar-refractivity contribution < 1.29 is 9.59 Å². The Hall–Kier alpha value is -1.40. The van der Waals surface area contributed by atoms with Crippen LogP contribution in [-0.2, 0) is 9.59 Å². The highest BCUT2D eigenvalue weighted by Crippen LogP contribution is 2.19. The van der Waals surface area contributed by atoms with E-state index in [-0.39, 0.29) is 30.8 Å². The number of aryl methyl sites for hydroxylation is 1. The molecule has 104 valence electrons. The number of anilines is 1. The monoisotopic (exact) mass is 327 g/mol. The molecule has 0 aromatic heterocycles. The van der Waals surface area contributed by atoms with Gasteiger partial charge in [-0.05, 0) is 37.6 Å². The van der Waals surface area contributed by atoms with Gasteiger partial charge in [-0.2, -0.15) is 0 Å². The molecule has 1 atom stereocenters. The number of carbonyl (C=O) groups excluding carboxylic acids is 2. The Morgan fingerprint density at radius 3 is 2.63 bits per heavy atom. The van der Waals surface area contributed by atoms with Crippen molar-refractivity contribution in [1.82, 2.24) is 5.32 Å². The van der Waals surface area contributed by atoms with E-state index in [2.05, 4.69) is 26.6 Å². The molecule has 0 aliphatic heterocycles. The smallest absolute Gasteiger partial charge is 0.243 e. The van der Waals surface area contributed by atoms with Crippen LogP contribution in [0, 0.1) is 6.92 Å². The second kappa shape index (κ2) is 7.25. The van der Waals surface area contributed by atoms with E-state index >= 15 is 0 Å². The fraction of sp³-hybridized carbons (Fsp3) is 0.385. The molecular formula is C13H18BrN3O2. The number of hydrogen-bond donors (Lipinski definition) is 3. The first-order chi connectivity index (χ1) is 8.88. The van der Waals surface area contributed by atoms with Crippen molar-refractivity contribution >= 4 is 33.4 Å². The van der Waals surface area contributed by atoms with Crippen LogP contribution in [0.5, 0.6) is 0 Å². The van der Waals surface area contributed by atoms with Gasteiger partial charge < -0.3 is 16.4 Å². The summed E-state index contributed by atoms with van der Waals surface area (Å²) in [4.78, 5) is 23.0. The van der Waals surface area contributed by atoms with Gasteiger partial charge in [0.05, 0.1) is 6.54 Å². The maximum atomic E-state index is 11.7. The van der Waals surface area contributed by atoms with E-state index in [0.717, 1.165) is 15.7 Å². The third kappa shape index (κ3) is 5.85. The highest BCUT2D eigenvalue weighted by atomic mass is 79.9. The SMILES string of the molecule is Cc1cc(Br)ccc1NC(=O)CNC(=O)CC(C)N. The number of nitrogens with two attached hydrogens (primary N) is 1. The van der Waals surface area contributed by atoms with Crippen molar-refractivity contribution in [2.75, 3.05) is 11.9 Å². The molecule has 6 heteroatoms. The molecule has 4 N–H and O–H groups in total. The molecule has 1 unspecified atom stereocenters. The van der Waals surface area contributed by atoms with E-state index in [1.807, 2.05) is 19.1 Å². The lowest BCUT2D eigenvalue weighted by molar-refractivity contribution is -0.124. The summed E-state index contributed by atoms with van der Waals surface area (Å²) in [5.41, 5.74) is 7.17. The Bertz CT molecular complexity index is 475. The van der Waals surface area contributed by atoms with E-state index in [1.54, 1.807) is 13.0 Å². The van der Waals surface area contributed by atoms with Crippen LogP contribution < -0.4 is 16.4 Å². The maximum Gasteiger partial charge on any atom is 0.243 e. The normalized spacial score (nSPS) is 11.8. The second-order valence-electron chi connectivity index (χ2n) is 4.47. The molecule has 0 aliphatic rings. The van der Waals surface area contributed by atoms with Crippen molar-refractivity contribution in [2.45, 2.75) is 26.3 Å². The number of rotatable bonds is 5. The molecule has 19 heavy (non-hydrogen) atoms. The average Bonchev–Trinajstić information content (AvgIpc) is 2.29. The van der Waals surface area contributed by atoms with Crippen LogP contribution in [0.2, 0.25) is 0 Å².